The van der Waals surface area contributed by atoms with Crippen LogP contribution in [0.5, 0.6) is 5.75 Å². The molecule has 1 fully saturated rings. The lowest BCUT2D eigenvalue weighted by Gasteiger charge is -2.38. The Balaban J connectivity index is 1.53. The second-order valence-corrected chi connectivity index (χ2v) is 7.65. The highest BCUT2D eigenvalue weighted by molar-refractivity contribution is 6.32. The number of H-pyrrole nitrogens is 1. The third kappa shape index (κ3) is 3.38. The lowest BCUT2D eigenvalue weighted by Crippen LogP contribution is -2.44. The molecule has 28 heavy (non-hydrogen) atoms. The predicted molar refractivity (Wildman–Crippen MR) is 105 cm³/mol. The highest BCUT2D eigenvalue weighted by Gasteiger charge is 2.38. The highest BCUT2D eigenvalue weighted by Crippen LogP contribution is 2.39. The van der Waals surface area contributed by atoms with Crippen molar-refractivity contribution in [2.75, 3.05) is 0 Å². The molecule has 0 amide bonds. The number of ether oxygens (including phenoxy) is 1. The Kier molecular flexibility index (Phi) is 4.85. The lowest BCUT2D eigenvalue weighted by atomic mass is 9.76. The fourth-order valence-electron chi connectivity index (χ4n) is 3.91. The maximum atomic E-state index is 14.2. The summed E-state index contributed by atoms with van der Waals surface area (Å²) >= 11 is 6.29. The van der Waals surface area contributed by atoms with Crippen LogP contribution in [0.2, 0.25) is 5.02 Å². The first-order valence-corrected chi connectivity index (χ1v) is 9.46. The Morgan fingerprint density at radius 1 is 1.14 bits per heavy atom. The average molecular weight is 405 g/mol. The largest absolute Gasteiger partial charge is 0.489 e. The van der Waals surface area contributed by atoms with Gasteiger partial charge in [0.05, 0.1) is 11.1 Å². The van der Waals surface area contributed by atoms with Crippen molar-refractivity contribution in [2.45, 2.75) is 37.3 Å². The molecule has 7 heteroatoms. The first kappa shape index (κ1) is 18.9. The summed E-state index contributed by atoms with van der Waals surface area (Å²) < 4.78 is 34.4. The van der Waals surface area contributed by atoms with Crippen LogP contribution in [-0.2, 0) is 5.54 Å². The number of nitrogens with two attached hydrogens (primary N) is 1. The van der Waals surface area contributed by atoms with Gasteiger partial charge in [-0.25, -0.2) is 8.78 Å². The molecule has 0 spiro atoms. The molecule has 0 bridgehead atoms. The standard InChI is InChI=1S/C21H19ClF2N2O2/c22-15-11-14-12(6-9-26-20(14)27)10-18(15)28-13-4-7-21(25,8-5-13)19-16(23)2-1-3-17(19)24/h1-3,6,9-11,13H,4-5,7-8,25H2,(H,26,27)/t13-,21+. The van der Waals surface area contributed by atoms with Crippen molar-refractivity contribution in [3.63, 3.8) is 0 Å². The van der Waals surface area contributed by atoms with Gasteiger partial charge >= 0.3 is 0 Å². The summed E-state index contributed by atoms with van der Waals surface area (Å²) in [5.74, 6) is -0.763. The van der Waals surface area contributed by atoms with Gasteiger partial charge in [-0.15, -0.1) is 0 Å². The van der Waals surface area contributed by atoms with Crippen molar-refractivity contribution in [2.24, 2.45) is 5.73 Å². The molecular weight excluding hydrogens is 386 g/mol. The number of halogens is 3. The fraction of sp³-hybridized carbons (Fsp3) is 0.286. The zero-order valence-corrected chi connectivity index (χ0v) is 15.7. The minimum atomic E-state index is -1.06. The number of aromatic amines is 1. The van der Waals surface area contributed by atoms with Crippen LogP contribution in [0, 0.1) is 11.6 Å². The van der Waals surface area contributed by atoms with Crippen LogP contribution in [0.3, 0.4) is 0 Å². The van der Waals surface area contributed by atoms with E-state index in [1.165, 1.54) is 18.2 Å². The third-order valence-electron chi connectivity index (χ3n) is 5.41. The number of aromatic nitrogens is 1. The van der Waals surface area contributed by atoms with E-state index in [2.05, 4.69) is 4.98 Å². The minimum absolute atomic E-state index is 0.0589. The monoisotopic (exact) mass is 404 g/mol. The van der Waals surface area contributed by atoms with Gasteiger partial charge in [-0.1, -0.05) is 17.7 Å². The summed E-state index contributed by atoms with van der Waals surface area (Å²) in [4.78, 5) is 14.5. The molecule has 2 aromatic carbocycles. The summed E-state index contributed by atoms with van der Waals surface area (Å²) in [6.07, 6.45) is 3.24. The fourth-order valence-corrected chi connectivity index (χ4v) is 4.11. The van der Waals surface area contributed by atoms with Gasteiger partial charge in [0, 0.05) is 22.7 Å². The van der Waals surface area contributed by atoms with Crippen LogP contribution < -0.4 is 16.0 Å². The van der Waals surface area contributed by atoms with Gasteiger partial charge in [-0.2, -0.15) is 0 Å². The van der Waals surface area contributed by atoms with Gasteiger partial charge in [-0.05, 0) is 61.4 Å². The summed E-state index contributed by atoms with van der Waals surface area (Å²) in [6.45, 7) is 0. The lowest BCUT2D eigenvalue weighted by molar-refractivity contribution is 0.115. The first-order valence-electron chi connectivity index (χ1n) is 9.08. The van der Waals surface area contributed by atoms with Gasteiger partial charge in [0.25, 0.3) is 5.56 Å². The molecule has 0 atom stereocenters. The molecule has 0 radical (unpaired) electrons. The van der Waals surface area contributed by atoms with Crippen molar-refractivity contribution >= 4 is 22.4 Å². The zero-order chi connectivity index (χ0) is 19.9. The average Bonchev–Trinajstić information content (AvgIpc) is 2.65. The Bertz CT molecular complexity index is 1070. The van der Waals surface area contributed by atoms with Gasteiger partial charge < -0.3 is 15.5 Å². The second-order valence-electron chi connectivity index (χ2n) is 7.25. The van der Waals surface area contributed by atoms with Crippen LogP contribution >= 0.6 is 11.6 Å². The smallest absolute Gasteiger partial charge is 0.255 e. The van der Waals surface area contributed by atoms with Gasteiger partial charge in [-0.3, -0.25) is 4.79 Å². The summed E-state index contributed by atoms with van der Waals surface area (Å²) in [6, 6.07) is 8.87. The molecule has 0 aliphatic heterocycles. The molecule has 0 saturated heterocycles. The summed E-state index contributed by atoms with van der Waals surface area (Å²) in [7, 11) is 0. The summed E-state index contributed by atoms with van der Waals surface area (Å²) in [5, 5.41) is 1.55. The van der Waals surface area contributed by atoms with Crippen molar-refractivity contribution in [1.29, 1.82) is 0 Å². The molecule has 146 valence electrons. The first-order chi connectivity index (χ1) is 13.4. The number of benzene rings is 2. The van der Waals surface area contributed by atoms with Crippen LogP contribution in [0.15, 0.2) is 47.4 Å². The number of hydrogen-bond acceptors (Lipinski definition) is 3. The van der Waals surface area contributed by atoms with Crippen LogP contribution in [0.25, 0.3) is 10.8 Å². The van der Waals surface area contributed by atoms with Crippen molar-refractivity contribution in [3.05, 3.63) is 75.2 Å². The van der Waals surface area contributed by atoms with Crippen molar-refractivity contribution in [1.82, 2.24) is 4.98 Å². The molecule has 3 N–H and O–H groups in total. The van der Waals surface area contributed by atoms with Gasteiger partial charge in [0.1, 0.15) is 17.4 Å². The topological polar surface area (TPSA) is 68.1 Å². The molecule has 4 nitrogen and oxygen atoms in total. The van der Waals surface area contributed by atoms with E-state index in [0.29, 0.717) is 41.8 Å². The number of nitrogens with one attached hydrogen (secondary N) is 1. The van der Waals surface area contributed by atoms with E-state index < -0.39 is 17.2 Å². The van der Waals surface area contributed by atoms with E-state index >= 15 is 0 Å². The Morgan fingerprint density at radius 2 is 1.82 bits per heavy atom. The molecule has 1 saturated carbocycles. The van der Waals surface area contributed by atoms with Crippen LogP contribution in [-0.4, -0.2) is 11.1 Å². The molecule has 0 unspecified atom stereocenters. The van der Waals surface area contributed by atoms with E-state index in [9.17, 15) is 13.6 Å². The Labute approximate surface area is 165 Å². The number of pyridine rings is 1. The predicted octanol–water partition coefficient (Wildman–Crippen LogP) is 4.64. The van der Waals surface area contributed by atoms with E-state index in [0.717, 1.165) is 5.39 Å². The quantitative estimate of drug-likeness (QED) is 0.668. The van der Waals surface area contributed by atoms with E-state index in [1.54, 1.807) is 24.4 Å². The van der Waals surface area contributed by atoms with Gasteiger partial charge in [0.15, 0.2) is 0 Å². The number of hydrogen-bond donors (Lipinski definition) is 2. The Morgan fingerprint density at radius 3 is 2.50 bits per heavy atom. The SMILES string of the molecule is N[C@]1(c2c(F)cccc2F)CC[C@H](Oc2cc3cc[nH]c(=O)c3cc2Cl)CC1. The highest BCUT2D eigenvalue weighted by atomic mass is 35.5. The molecule has 1 aliphatic rings. The maximum Gasteiger partial charge on any atom is 0.255 e. The zero-order valence-electron chi connectivity index (χ0n) is 15.0. The molecule has 1 aromatic heterocycles. The molecule has 1 heterocycles. The van der Waals surface area contributed by atoms with E-state index in [1.807, 2.05) is 0 Å². The number of fused-ring (bicyclic) bond motifs is 1. The number of rotatable bonds is 3. The van der Waals surface area contributed by atoms with Crippen LogP contribution in [0.4, 0.5) is 8.78 Å². The van der Waals surface area contributed by atoms with Crippen molar-refractivity contribution in [3.8, 4) is 5.75 Å². The third-order valence-corrected chi connectivity index (χ3v) is 5.70. The van der Waals surface area contributed by atoms with E-state index in [-0.39, 0.29) is 17.2 Å². The van der Waals surface area contributed by atoms with Crippen molar-refractivity contribution < 1.29 is 13.5 Å². The molecule has 1 aliphatic carbocycles. The molecular formula is C21H19ClF2N2O2. The van der Waals surface area contributed by atoms with Crippen LogP contribution in [0.1, 0.15) is 31.2 Å². The van der Waals surface area contributed by atoms with E-state index in [4.69, 9.17) is 22.1 Å². The molecule has 4 rings (SSSR count). The minimum Gasteiger partial charge on any atom is -0.489 e. The maximum absolute atomic E-state index is 14.2. The molecule has 3 aromatic rings. The Hall–Kier alpha value is -2.44. The normalized spacial score (nSPS) is 22.4. The summed E-state index contributed by atoms with van der Waals surface area (Å²) in [5.41, 5.74) is 5.02. The van der Waals surface area contributed by atoms with Gasteiger partial charge in [0.2, 0.25) is 0 Å². The second kappa shape index (κ2) is 7.18.